The van der Waals surface area contributed by atoms with E-state index in [-0.39, 0.29) is 6.61 Å². The minimum Gasteiger partial charge on any atom is -0.392 e. The average molecular weight is 253 g/mol. The van der Waals surface area contributed by atoms with Gasteiger partial charge in [0, 0.05) is 16.2 Å². The molecule has 0 fully saturated rings. The number of aliphatic hydroxyl groups is 1. The molecule has 0 amide bonds. The molecule has 0 aliphatic heterocycles. The van der Waals surface area contributed by atoms with E-state index in [1.807, 2.05) is 24.3 Å². The van der Waals surface area contributed by atoms with E-state index < -0.39 is 0 Å². The Bertz CT molecular complexity index is 426. The molecule has 4 heteroatoms. The molecule has 14 heavy (non-hydrogen) atoms. The molecule has 3 nitrogen and oxygen atoms in total. The highest BCUT2D eigenvalue weighted by Crippen LogP contribution is 2.25. The predicted molar refractivity (Wildman–Crippen MR) is 57.6 cm³/mol. The first-order valence-corrected chi connectivity index (χ1v) is 4.99. The van der Waals surface area contributed by atoms with Crippen molar-refractivity contribution in [3.05, 3.63) is 40.5 Å². The number of rotatable bonds is 2. The van der Waals surface area contributed by atoms with E-state index >= 15 is 0 Å². The fourth-order valence-electron chi connectivity index (χ4n) is 1.34. The van der Waals surface area contributed by atoms with Crippen LogP contribution in [0.15, 0.2) is 34.9 Å². The minimum absolute atomic E-state index is 0.0294. The van der Waals surface area contributed by atoms with Crippen LogP contribution in [0.2, 0.25) is 0 Å². The highest BCUT2D eigenvalue weighted by molar-refractivity contribution is 9.10. The van der Waals surface area contributed by atoms with Crippen LogP contribution in [-0.4, -0.2) is 15.3 Å². The Hall–Kier alpha value is -1.13. The van der Waals surface area contributed by atoms with Gasteiger partial charge in [-0.15, -0.1) is 0 Å². The number of hydrogen-bond acceptors (Lipinski definition) is 2. The molecule has 72 valence electrons. The van der Waals surface area contributed by atoms with Crippen LogP contribution in [0, 0.1) is 0 Å². The smallest absolute Gasteiger partial charge is 0.0688 e. The second kappa shape index (κ2) is 3.94. The van der Waals surface area contributed by atoms with Crippen molar-refractivity contribution in [2.45, 2.75) is 6.61 Å². The molecular formula is C10H9BrN2O. The lowest BCUT2D eigenvalue weighted by Gasteiger charge is -2.05. The Kier molecular flexibility index (Phi) is 2.65. The summed E-state index contributed by atoms with van der Waals surface area (Å²) in [6, 6.07) is 7.63. The summed E-state index contributed by atoms with van der Waals surface area (Å²) in [6.45, 7) is 0.0294. The topological polar surface area (TPSA) is 48.9 Å². The van der Waals surface area contributed by atoms with Crippen molar-refractivity contribution >= 4 is 15.9 Å². The number of H-pyrrole nitrogens is 1. The summed E-state index contributed by atoms with van der Waals surface area (Å²) >= 11 is 3.40. The molecule has 0 unspecified atom stereocenters. The number of nitrogens with zero attached hydrogens (tertiary/aromatic N) is 1. The van der Waals surface area contributed by atoms with Crippen LogP contribution in [0.3, 0.4) is 0 Å². The molecule has 1 heterocycles. The van der Waals surface area contributed by atoms with Gasteiger partial charge < -0.3 is 5.11 Å². The minimum atomic E-state index is 0.0294. The maximum Gasteiger partial charge on any atom is 0.0688 e. The number of hydrogen-bond donors (Lipinski definition) is 2. The van der Waals surface area contributed by atoms with Crippen molar-refractivity contribution in [1.82, 2.24) is 10.2 Å². The van der Waals surface area contributed by atoms with Gasteiger partial charge in [-0.3, -0.25) is 5.10 Å². The van der Waals surface area contributed by atoms with Crippen LogP contribution in [0.5, 0.6) is 0 Å². The third-order valence-corrected chi connectivity index (χ3v) is 2.53. The second-order valence-electron chi connectivity index (χ2n) is 2.93. The van der Waals surface area contributed by atoms with Gasteiger partial charge in [-0.2, -0.15) is 5.10 Å². The van der Waals surface area contributed by atoms with E-state index in [0.717, 1.165) is 21.3 Å². The first-order valence-electron chi connectivity index (χ1n) is 4.20. The van der Waals surface area contributed by atoms with E-state index in [2.05, 4.69) is 26.1 Å². The van der Waals surface area contributed by atoms with Crippen LogP contribution in [0.1, 0.15) is 5.56 Å². The van der Waals surface area contributed by atoms with E-state index in [4.69, 9.17) is 5.11 Å². The highest BCUT2D eigenvalue weighted by Gasteiger charge is 2.05. The van der Waals surface area contributed by atoms with Crippen molar-refractivity contribution in [2.24, 2.45) is 0 Å². The molecule has 1 aromatic carbocycles. The summed E-state index contributed by atoms with van der Waals surface area (Å²) in [7, 11) is 0. The number of halogens is 1. The Labute approximate surface area is 89.9 Å². The third kappa shape index (κ3) is 1.71. The van der Waals surface area contributed by atoms with Crippen LogP contribution in [-0.2, 0) is 6.61 Å². The molecule has 0 aliphatic rings. The van der Waals surface area contributed by atoms with Gasteiger partial charge in [-0.25, -0.2) is 0 Å². The van der Waals surface area contributed by atoms with Gasteiger partial charge in [0.2, 0.25) is 0 Å². The van der Waals surface area contributed by atoms with Gasteiger partial charge in [-0.1, -0.05) is 22.0 Å². The van der Waals surface area contributed by atoms with Gasteiger partial charge in [-0.05, 0) is 23.8 Å². The Morgan fingerprint density at radius 3 is 2.86 bits per heavy atom. The Morgan fingerprint density at radius 1 is 1.36 bits per heavy atom. The van der Waals surface area contributed by atoms with Crippen LogP contribution in [0.25, 0.3) is 11.3 Å². The maximum atomic E-state index is 9.16. The van der Waals surface area contributed by atoms with Gasteiger partial charge in [0.25, 0.3) is 0 Å². The first-order chi connectivity index (χ1) is 6.81. The molecule has 0 radical (unpaired) electrons. The molecule has 0 atom stereocenters. The number of benzene rings is 1. The van der Waals surface area contributed by atoms with Gasteiger partial charge in [0.15, 0.2) is 0 Å². The summed E-state index contributed by atoms with van der Waals surface area (Å²) in [6.07, 6.45) is 1.69. The zero-order chi connectivity index (χ0) is 9.97. The average Bonchev–Trinajstić information content (AvgIpc) is 2.70. The largest absolute Gasteiger partial charge is 0.392 e. The molecule has 0 bridgehead atoms. The lowest BCUT2D eigenvalue weighted by Crippen LogP contribution is -1.89. The molecule has 2 N–H and O–H groups in total. The maximum absolute atomic E-state index is 9.16. The summed E-state index contributed by atoms with van der Waals surface area (Å²) in [5.41, 5.74) is 2.77. The molecule has 0 spiro atoms. The van der Waals surface area contributed by atoms with E-state index in [1.54, 1.807) is 6.20 Å². The number of aliphatic hydroxyl groups excluding tert-OH is 1. The molecule has 1 aromatic heterocycles. The molecule has 0 aliphatic carbocycles. The van der Waals surface area contributed by atoms with E-state index in [1.165, 1.54) is 0 Å². The molecule has 2 rings (SSSR count). The molecular weight excluding hydrogens is 244 g/mol. The SMILES string of the molecule is OCc1ccc(Br)cc1-c1ccn[nH]1. The zero-order valence-corrected chi connectivity index (χ0v) is 8.95. The first kappa shape index (κ1) is 9.43. The van der Waals surface area contributed by atoms with E-state index in [9.17, 15) is 0 Å². The summed E-state index contributed by atoms with van der Waals surface area (Å²) in [4.78, 5) is 0. The van der Waals surface area contributed by atoms with E-state index in [0.29, 0.717) is 0 Å². The molecule has 0 saturated carbocycles. The van der Waals surface area contributed by atoms with Crippen molar-refractivity contribution in [1.29, 1.82) is 0 Å². The quantitative estimate of drug-likeness (QED) is 0.862. The van der Waals surface area contributed by atoms with Crippen molar-refractivity contribution < 1.29 is 5.11 Å². The van der Waals surface area contributed by atoms with Gasteiger partial charge in [0.1, 0.15) is 0 Å². The predicted octanol–water partition coefficient (Wildman–Crippen LogP) is 2.33. The summed E-state index contributed by atoms with van der Waals surface area (Å²) in [5.74, 6) is 0. The lowest BCUT2D eigenvalue weighted by atomic mass is 10.1. The zero-order valence-electron chi connectivity index (χ0n) is 7.37. The standard InChI is InChI=1S/C10H9BrN2O/c11-8-2-1-7(6-14)9(5-8)10-3-4-12-13-10/h1-5,14H,6H2,(H,12,13). The fourth-order valence-corrected chi connectivity index (χ4v) is 1.70. The summed E-state index contributed by atoms with van der Waals surface area (Å²) < 4.78 is 0.985. The number of aromatic nitrogens is 2. The summed E-state index contributed by atoms with van der Waals surface area (Å²) in [5, 5.41) is 15.9. The van der Waals surface area contributed by atoms with Gasteiger partial charge in [0.05, 0.1) is 12.3 Å². The third-order valence-electron chi connectivity index (χ3n) is 2.03. The van der Waals surface area contributed by atoms with Crippen LogP contribution in [0.4, 0.5) is 0 Å². The number of nitrogens with one attached hydrogen (secondary N) is 1. The van der Waals surface area contributed by atoms with Crippen molar-refractivity contribution in [3.8, 4) is 11.3 Å². The second-order valence-corrected chi connectivity index (χ2v) is 3.85. The monoisotopic (exact) mass is 252 g/mol. The fraction of sp³-hybridized carbons (Fsp3) is 0.100. The number of aromatic amines is 1. The Morgan fingerprint density at radius 2 is 2.21 bits per heavy atom. The Balaban J connectivity index is 2.55. The van der Waals surface area contributed by atoms with Crippen LogP contribution >= 0.6 is 15.9 Å². The van der Waals surface area contributed by atoms with Gasteiger partial charge >= 0.3 is 0 Å². The highest BCUT2D eigenvalue weighted by atomic mass is 79.9. The van der Waals surface area contributed by atoms with Crippen LogP contribution < -0.4 is 0 Å². The molecule has 0 saturated heterocycles. The van der Waals surface area contributed by atoms with Crippen molar-refractivity contribution in [3.63, 3.8) is 0 Å². The lowest BCUT2D eigenvalue weighted by molar-refractivity contribution is 0.282. The normalized spacial score (nSPS) is 10.4. The molecule has 2 aromatic rings. The van der Waals surface area contributed by atoms with Crippen molar-refractivity contribution in [2.75, 3.05) is 0 Å².